The molecule has 1 aliphatic rings. The first-order valence-corrected chi connectivity index (χ1v) is 11.5. The molecule has 0 amide bonds. The second kappa shape index (κ2) is 8.60. The number of rotatable bonds is 6. The smallest absolute Gasteiger partial charge is 0.123 e. The second-order valence-corrected chi connectivity index (χ2v) is 8.88. The fourth-order valence-corrected chi connectivity index (χ4v) is 5.61. The molecular formula is C30H30O4. The van der Waals surface area contributed by atoms with Gasteiger partial charge in [-0.25, -0.2) is 0 Å². The van der Waals surface area contributed by atoms with Crippen LogP contribution in [-0.4, -0.2) is 28.4 Å². The summed E-state index contributed by atoms with van der Waals surface area (Å²) in [5, 5.41) is 2.53. The highest BCUT2D eigenvalue weighted by Gasteiger charge is 2.40. The van der Waals surface area contributed by atoms with Crippen molar-refractivity contribution < 1.29 is 18.9 Å². The van der Waals surface area contributed by atoms with Crippen LogP contribution in [0.3, 0.4) is 0 Å². The molecule has 4 aromatic carbocycles. The predicted octanol–water partition coefficient (Wildman–Crippen LogP) is 6.77. The van der Waals surface area contributed by atoms with E-state index in [-0.39, 0.29) is 11.8 Å². The Morgan fingerprint density at radius 1 is 0.500 bits per heavy atom. The van der Waals surface area contributed by atoms with Crippen LogP contribution in [0.25, 0.3) is 10.8 Å². The number of hydrogen-bond donors (Lipinski definition) is 0. The van der Waals surface area contributed by atoms with E-state index in [4.69, 9.17) is 18.9 Å². The lowest BCUT2D eigenvalue weighted by molar-refractivity contribution is 0.388. The maximum absolute atomic E-state index is 5.93. The molecule has 0 aromatic heterocycles. The largest absolute Gasteiger partial charge is 0.496 e. The fraction of sp³-hybridized carbons (Fsp3) is 0.267. The third-order valence-electron chi connectivity index (χ3n) is 7.14. The Balaban J connectivity index is 1.86. The zero-order valence-electron chi connectivity index (χ0n) is 20.6. The summed E-state index contributed by atoms with van der Waals surface area (Å²) in [4.78, 5) is 0. The Kier molecular flexibility index (Phi) is 5.60. The van der Waals surface area contributed by atoms with Crippen molar-refractivity contribution in [3.63, 3.8) is 0 Å². The van der Waals surface area contributed by atoms with Gasteiger partial charge in [0.05, 0.1) is 28.4 Å². The molecule has 0 saturated heterocycles. The molecule has 4 aromatic rings. The van der Waals surface area contributed by atoms with Gasteiger partial charge in [-0.15, -0.1) is 0 Å². The van der Waals surface area contributed by atoms with E-state index >= 15 is 0 Å². The van der Waals surface area contributed by atoms with Crippen molar-refractivity contribution in [2.24, 2.45) is 0 Å². The molecule has 2 atom stereocenters. The predicted molar refractivity (Wildman–Crippen MR) is 136 cm³/mol. The molecule has 0 radical (unpaired) electrons. The normalized spacial score (nSPS) is 16.5. The fourth-order valence-electron chi connectivity index (χ4n) is 5.61. The van der Waals surface area contributed by atoms with E-state index in [9.17, 15) is 0 Å². The lowest BCUT2D eigenvalue weighted by atomic mass is 9.78. The zero-order chi connectivity index (χ0) is 24.0. The molecule has 0 N–H and O–H groups in total. The third kappa shape index (κ3) is 3.28. The number of benzene rings is 4. The molecule has 4 nitrogen and oxygen atoms in total. The Morgan fingerprint density at radius 2 is 0.912 bits per heavy atom. The Hall–Kier alpha value is -3.66. The molecule has 0 bridgehead atoms. The van der Waals surface area contributed by atoms with Crippen molar-refractivity contribution in [3.05, 3.63) is 94.0 Å². The third-order valence-corrected chi connectivity index (χ3v) is 7.14. The van der Waals surface area contributed by atoms with Gasteiger partial charge in [0.15, 0.2) is 0 Å². The van der Waals surface area contributed by atoms with E-state index in [1.54, 1.807) is 28.4 Å². The average molecular weight is 455 g/mol. The molecule has 2 unspecified atom stereocenters. The van der Waals surface area contributed by atoms with Crippen LogP contribution in [0.2, 0.25) is 0 Å². The molecule has 0 heterocycles. The Labute approximate surface area is 201 Å². The highest BCUT2D eigenvalue weighted by Crippen LogP contribution is 2.57. The number of methoxy groups -OCH3 is 4. The van der Waals surface area contributed by atoms with Gasteiger partial charge in [0.25, 0.3) is 0 Å². The molecule has 0 aliphatic heterocycles. The van der Waals surface area contributed by atoms with Gasteiger partial charge in [-0.05, 0) is 71.1 Å². The summed E-state index contributed by atoms with van der Waals surface area (Å²) in [5.74, 6) is 3.46. The average Bonchev–Trinajstić information content (AvgIpc) is 3.19. The lowest BCUT2D eigenvalue weighted by Crippen LogP contribution is -2.12. The minimum absolute atomic E-state index is 0.0202. The van der Waals surface area contributed by atoms with Crippen LogP contribution in [0, 0.1) is 13.8 Å². The van der Waals surface area contributed by atoms with E-state index in [0.717, 1.165) is 45.3 Å². The number of hydrogen-bond acceptors (Lipinski definition) is 4. The van der Waals surface area contributed by atoms with Crippen LogP contribution < -0.4 is 18.9 Å². The Bertz CT molecular complexity index is 1290. The van der Waals surface area contributed by atoms with E-state index in [1.165, 1.54) is 21.9 Å². The summed E-state index contributed by atoms with van der Waals surface area (Å²) in [5.41, 5.74) is 6.85. The highest BCUT2D eigenvalue weighted by atomic mass is 16.5. The van der Waals surface area contributed by atoms with Gasteiger partial charge in [0.2, 0.25) is 0 Å². The van der Waals surface area contributed by atoms with E-state index < -0.39 is 0 Å². The zero-order valence-corrected chi connectivity index (χ0v) is 20.6. The van der Waals surface area contributed by atoms with Crippen molar-refractivity contribution in [2.45, 2.75) is 25.7 Å². The first-order valence-electron chi connectivity index (χ1n) is 11.5. The maximum atomic E-state index is 5.93. The van der Waals surface area contributed by atoms with Gasteiger partial charge >= 0.3 is 0 Å². The van der Waals surface area contributed by atoms with Crippen LogP contribution >= 0.6 is 0 Å². The molecule has 0 spiro atoms. The van der Waals surface area contributed by atoms with Crippen molar-refractivity contribution in [1.29, 1.82) is 0 Å². The molecule has 174 valence electrons. The highest BCUT2D eigenvalue weighted by molar-refractivity contribution is 5.94. The molecule has 34 heavy (non-hydrogen) atoms. The Morgan fingerprint density at radius 3 is 1.29 bits per heavy atom. The monoisotopic (exact) mass is 454 g/mol. The van der Waals surface area contributed by atoms with Crippen LogP contribution in [0.15, 0.2) is 60.7 Å². The van der Waals surface area contributed by atoms with Gasteiger partial charge in [0, 0.05) is 23.0 Å². The molecular weight excluding hydrogens is 424 g/mol. The summed E-state index contributed by atoms with van der Waals surface area (Å²) in [6.45, 7) is 4.08. The van der Waals surface area contributed by atoms with E-state index in [2.05, 4.69) is 60.7 Å². The SMILES string of the molecule is COc1cc(C2c3cccc4cccc(c34)C2c2cc(OC)c(C)cc2OC)c(OC)cc1C. The number of ether oxygens (including phenoxy) is 4. The van der Waals surface area contributed by atoms with Gasteiger partial charge < -0.3 is 18.9 Å². The molecule has 0 saturated carbocycles. The van der Waals surface area contributed by atoms with Crippen molar-refractivity contribution in [1.82, 2.24) is 0 Å². The summed E-state index contributed by atoms with van der Waals surface area (Å²) < 4.78 is 23.3. The van der Waals surface area contributed by atoms with Crippen molar-refractivity contribution in [3.8, 4) is 23.0 Å². The first-order chi connectivity index (χ1) is 16.5. The lowest BCUT2D eigenvalue weighted by Gasteiger charge is -2.27. The minimum atomic E-state index is 0.0202. The summed E-state index contributed by atoms with van der Waals surface area (Å²) in [6, 6.07) is 21.5. The van der Waals surface area contributed by atoms with Gasteiger partial charge in [-0.1, -0.05) is 36.4 Å². The first kappa shape index (κ1) is 22.1. The maximum Gasteiger partial charge on any atom is 0.123 e. The van der Waals surface area contributed by atoms with Gasteiger partial charge in [-0.3, -0.25) is 0 Å². The molecule has 4 heteroatoms. The summed E-state index contributed by atoms with van der Waals surface area (Å²) in [6.07, 6.45) is 0. The minimum Gasteiger partial charge on any atom is -0.496 e. The van der Waals surface area contributed by atoms with Gasteiger partial charge in [-0.2, -0.15) is 0 Å². The molecule has 0 fully saturated rings. The van der Waals surface area contributed by atoms with Crippen molar-refractivity contribution in [2.75, 3.05) is 28.4 Å². The topological polar surface area (TPSA) is 36.9 Å². The van der Waals surface area contributed by atoms with E-state index in [1.807, 2.05) is 13.8 Å². The number of aryl methyl sites for hydroxylation is 2. The van der Waals surface area contributed by atoms with Crippen LogP contribution in [-0.2, 0) is 0 Å². The van der Waals surface area contributed by atoms with E-state index in [0.29, 0.717) is 0 Å². The van der Waals surface area contributed by atoms with Crippen LogP contribution in [0.4, 0.5) is 0 Å². The summed E-state index contributed by atoms with van der Waals surface area (Å²) >= 11 is 0. The second-order valence-electron chi connectivity index (χ2n) is 8.88. The quantitative estimate of drug-likeness (QED) is 0.322. The summed E-state index contributed by atoms with van der Waals surface area (Å²) in [7, 11) is 6.90. The standard InChI is InChI=1S/C30H30O4/c1-17-13-26(33-5)22(15-24(17)31-3)29-20-11-7-9-19-10-8-12-21(28(19)20)30(29)23-16-25(32-4)18(2)14-27(23)34-6/h7-16,29-30H,1-6H3. The molecule has 1 aliphatic carbocycles. The van der Waals surface area contributed by atoms with Crippen molar-refractivity contribution >= 4 is 10.8 Å². The molecule has 5 rings (SSSR count). The van der Waals surface area contributed by atoms with Crippen LogP contribution in [0.5, 0.6) is 23.0 Å². The van der Waals surface area contributed by atoms with Gasteiger partial charge in [0.1, 0.15) is 23.0 Å². The van der Waals surface area contributed by atoms with Crippen LogP contribution in [0.1, 0.15) is 45.2 Å².